The lowest BCUT2D eigenvalue weighted by Gasteiger charge is -2.21. The third-order valence-corrected chi connectivity index (χ3v) is 5.20. The molecule has 0 unspecified atom stereocenters. The Labute approximate surface area is 156 Å². The normalized spacial score (nSPS) is 18.8. The van der Waals surface area contributed by atoms with Crippen LogP contribution in [-0.4, -0.2) is 30.5 Å². The van der Waals surface area contributed by atoms with E-state index in [0.29, 0.717) is 25.5 Å². The number of anilines is 1. The molecule has 2 aromatic rings. The van der Waals surface area contributed by atoms with Crippen molar-refractivity contribution in [2.24, 2.45) is 10.2 Å². The number of aromatic nitrogens is 1. The second-order valence-electron chi connectivity index (χ2n) is 6.90. The predicted octanol–water partition coefficient (Wildman–Crippen LogP) is 3.72. The lowest BCUT2D eigenvalue weighted by Crippen LogP contribution is -2.20. The van der Waals surface area contributed by atoms with Gasteiger partial charge in [-0.2, -0.15) is 10.2 Å². The molecule has 134 valence electrons. The smallest absolute Gasteiger partial charge is 0.237 e. The minimum Gasteiger partial charge on any atom is -0.474 e. The molecule has 0 spiro atoms. The zero-order chi connectivity index (χ0) is 18.4. The van der Waals surface area contributed by atoms with Crippen LogP contribution in [0, 0.1) is 6.92 Å². The standard InChI is InChI=1S/C21H18N4O2/c1-12-18(11-23-21-20(12)22-4-5-27-21)14-2-3-15-8-19(26)17(16(15)7-14)6-13-9-24-25-10-13/h2-3,6-7,9,11,22H,4-5,8,10H2,1H3/b17-6-. The van der Waals surface area contributed by atoms with E-state index in [-0.39, 0.29) is 5.78 Å². The number of fused-ring (bicyclic) bond motifs is 2. The highest BCUT2D eigenvalue weighted by atomic mass is 16.5. The van der Waals surface area contributed by atoms with Crippen LogP contribution in [-0.2, 0) is 11.2 Å². The molecule has 0 saturated heterocycles. The molecule has 27 heavy (non-hydrogen) atoms. The molecule has 1 aromatic carbocycles. The Balaban J connectivity index is 1.59. The fourth-order valence-corrected chi connectivity index (χ4v) is 3.78. The van der Waals surface area contributed by atoms with Gasteiger partial charge in [0.15, 0.2) is 5.78 Å². The molecule has 0 saturated carbocycles. The lowest BCUT2D eigenvalue weighted by atomic mass is 9.96. The zero-order valence-corrected chi connectivity index (χ0v) is 15.0. The van der Waals surface area contributed by atoms with Gasteiger partial charge in [-0.25, -0.2) is 4.98 Å². The maximum absolute atomic E-state index is 12.5. The number of carbonyl (C=O) groups excluding carboxylic acids is 1. The summed E-state index contributed by atoms with van der Waals surface area (Å²) in [6.45, 7) is 4.00. The first-order chi connectivity index (χ1) is 13.2. The minimum absolute atomic E-state index is 0.144. The monoisotopic (exact) mass is 358 g/mol. The maximum atomic E-state index is 12.5. The lowest BCUT2D eigenvalue weighted by molar-refractivity contribution is -0.112. The van der Waals surface area contributed by atoms with Crippen LogP contribution in [0.2, 0.25) is 0 Å². The summed E-state index contributed by atoms with van der Waals surface area (Å²) in [4.78, 5) is 17.0. The fraction of sp³-hybridized carbons (Fsp3) is 0.238. The van der Waals surface area contributed by atoms with Crippen LogP contribution >= 0.6 is 0 Å². The summed E-state index contributed by atoms with van der Waals surface area (Å²) in [7, 11) is 0. The molecule has 2 aliphatic heterocycles. The van der Waals surface area contributed by atoms with E-state index in [1.165, 1.54) is 0 Å². The van der Waals surface area contributed by atoms with Crippen molar-refractivity contribution in [3.05, 3.63) is 58.9 Å². The van der Waals surface area contributed by atoms with Crippen LogP contribution in [0.1, 0.15) is 16.7 Å². The number of ether oxygens (including phenoxy) is 1. The molecule has 5 rings (SSSR count). The van der Waals surface area contributed by atoms with E-state index in [2.05, 4.69) is 39.6 Å². The van der Waals surface area contributed by atoms with Gasteiger partial charge in [0.1, 0.15) is 12.3 Å². The van der Waals surface area contributed by atoms with E-state index in [1.54, 1.807) is 6.20 Å². The summed E-state index contributed by atoms with van der Waals surface area (Å²) >= 11 is 0. The Morgan fingerprint density at radius 2 is 2.19 bits per heavy atom. The number of allylic oxidation sites excluding steroid dienone is 1. The van der Waals surface area contributed by atoms with Crippen molar-refractivity contribution in [1.82, 2.24) is 4.98 Å². The van der Waals surface area contributed by atoms with Crippen LogP contribution in [0.4, 0.5) is 5.69 Å². The minimum atomic E-state index is 0.144. The van der Waals surface area contributed by atoms with Gasteiger partial charge < -0.3 is 10.1 Å². The molecule has 0 radical (unpaired) electrons. The van der Waals surface area contributed by atoms with Crippen molar-refractivity contribution in [3.8, 4) is 17.0 Å². The molecule has 3 heterocycles. The number of rotatable bonds is 2. The van der Waals surface area contributed by atoms with E-state index < -0.39 is 0 Å². The summed E-state index contributed by atoms with van der Waals surface area (Å²) in [5.74, 6) is 0.797. The largest absolute Gasteiger partial charge is 0.474 e. The second-order valence-corrected chi connectivity index (χ2v) is 6.90. The Hall–Kier alpha value is -3.28. The molecule has 0 bridgehead atoms. The average molecular weight is 358 g/mol. The van der Waals surface area contributed by atoms with E-state index in [0.717, 1.165) is 51.2 Å². The number of hydrogen-bond acceptors (Lipinski definition) is 6. The highest BCUT2D eigenvalue weighted by molar-refractivity contribution is 6.26. The van der Waals surface area contributed by atoms with Crippen molar-refractivity contribution in [2.75, 3.05) is 25.0 Å². The van der Waals surface area contributed by atoms with Gasteiger partial charge in [0.05, 0.1) is 12.7 Å². The molecule has 1 aliphatic carbocycles. The van der Waals surface area contributed by atoms with Crippen LogP contribution in [0.25, 0.3) is 16.7 Å². The molecule has 0 atom stereocenters. The predicted molar refractivity (Wildman–Crippen MR) is 103 cm³/mol. The Morgan fingerprint density at radius 1 is 1.26 bits per heavy atom. The van der Waals surface area contributed by atoms with Gasteiger partial charge in [-0.05, 0) is 46.9 Å². The first kappa shape index (κ1) is 15.9. The second kappa shape index (κ2) is 6.16. The van der Waals surface area contributed by atoms with E-state index in [4.69, 9.17) is 4.74 Å². The third kappa shape index (κ3) is 2.65. The molecule has 6 heteroatoms. The van der Waals surface area contributed by atoms with Crippen LogP contribution in [0.15, 0.2) is 52.5 Å². The summed E-state index contributed by atoms with van der Waals surface area (Å²) in [5, 5.41) is 11.2. The molecular weight excluding hydrogens is 340 g/mol. The van der Waals surface area contributed by atoms with Crippen LogP contribution in [0.5, 0.6) is 5.88 Å². The Kier molecular flexibility index (Phi) is 3.63. The topological polar surface area (TPSA) is 75.9 Å². The number of ketones is 1. The van der Waals surface area contributed by atoms with Gasteiger partial charge in [0, 0.05) is 30.3 Å². The number of Topliss-reactive ketones (excluding diaryl/α,β-unsaturated/α-hetero) is 1. The molecule has 3 aliphatic rings. The first-order valence-corrected chi connectivity index (χ1v) is 9.01. The highest BCUT2D eigenvalue weighted by Crippen LogP contribution is 2.38. The van der Waals surface area contributed by atoms with E-state index >= 15 is 0 Å². The third-order valence-electron chi connectivity index (χ3n) is 5.20. The Bertz CT molecular complexity index is 1070. The van der Waals surface area contributed by atoms with Gasteiger partial charge in [-0.1, -0.05) is 12.1 Å². The first-order valence-electron chi connectivity index (χ1n) is 9.01. The zero-order valence-electron chi connectivity index (χ0n) is 15.0. The number of nitrogens with zero attached hydrogens (tertiary/aromatic N) is 3. The van der Waals surface area contributed by atoms with Crippen molar-refractivity contribution in [3.63, 3.8) is 0 Å². The molecule has 0 fully saturated rings. The number of hydrogen-bond donors (Lipinski definition) is 1. The SMILES string of the molecule is Cc1c(-c2ccc3c(c2)/C(=C/C2=CN=NC2)C(=O)C3)cnc2c1NCCO2. The highest BCUT2D eigenvalue weighted by Gasteiger charge is 2.26. The van der Waals surface area contributed by atoms with Gasteiger partial charge in [0.2, 0.25) is 5.88 Å². The van der Waals surface area contributed by atoms with Crippen molar-refractivity contribution in [2.45, 2.75) is 13.3 Å². The fourth-order valence-electron chi connectivity index (χ4n) is 3.78. The van der Waals surface area contributed by atoms with Crippen LogP contribution < -0.4 is 10.1 Å². The van der Waals surface area contributed by atoms with Gasteiger partial charge in [0.25, 0.3) is 0 Å². The van der Waals surface area contributed by atoms with E-state index in [1.807, 2.05) is 18.3 Å². The molecule has 1 N–H and O–H groups in total. The van der Waals surface area contributed by atoms with Gasteiger partial charge in [-0.3, -0.25) is 4.79 Å². The van der Waals surface area contributed by atoms with Crippen molar-refractivity contribution >= 4 is 17.0 Å². The van der Waals surface area contributed by atoms with Crippen LogP contribution in [0.3, 0.4) is 0 Å². The average Bonchev–Trinajstić information content (AvgIpc) is 3.31. The molecule has 6 nitrogen and oxygen atoms in total. The van der Waals surface area contributed by atoms with Gasteiger partial charge >= 0.3 is 0 Å². The van der Waals surface area contributed by atoms with Crippen molar-refractivity contribution < 1.29 is 9.53 Å². The molecule has 0 amide bonds. The molecule has 1 aromatic heterocycles. The summed E-state index contributed by atoms with van der Waals surface area (Å²) in [5.41, 5.74) is 7.90. The molecular formula is C21H18N4O2. The van der Waals surface area contributed by atoms with Crippen molar-refractivity contribution in [1.29, 1.82) is 0 Å². The summed E-state index contributed by atoms with van der Waals surface area (Å²) in [6.07, 6.45) is 5.93. The number of benzene rings is 1. The summed E-state index contributed by atoms with van der Waals surface area (Å²) < 4.78 is 5.62. The van der Waals surface area contributed by atoms with Gasteiger partial charge in [-0.15, -0.1) is 0 Å². The number of pyridine rings is 1. The maximum Gasteiger partial charge on any atom is 0.237 e. The number of nitrogens with one attached hydrogen (secondary N) is 1. The Morgan fingerprint density at radius 3 is 3.04 bits per heavy atom. The summed E-state index contributed by atoms with van der Waals surface area (Å²) in [6, 6.07) is 6.20. The quantitative estimate of drug-likeness (QED) is 0.830. The number of azo groups is 1. The van der Waals surface area contributed by atoms with E-state index in [9.17, 15) is 4.79 Å². The number of carbonyl (C=O) groups is 1.